The summed E-state index contributed by atoms with van der Waals surface area (Å²) in [5.41, 5.74) is -0.980. The summed E-state index contributed by atoms with van der Waals surface area (Å²) in [6.07, 6.45) is -4.46. The van der Waals surface area contributed by atoms with E-state index in [0.717, 1.165) is 6.07 Å². The van der Waals surface area contributed by atoms with Crippen molar-refractivity contribution in [1.82, 2.24) is 0 Å². The molecule has 0 amide bonds. The lowest BCUT2D eigenvalue weighted by atomic mass is 10.0. The number of carboxylic acid groups (broad SMARTS) is 1. The van der Waals surface area contributed by atoms with Gasteiger partial charge in [0.1, 0.15) is 5.75 Å². The zero-order chi connectivity index (χ0) is 13.1. The number of halogens is 3. The number of para-hydroxylation sites is 1. The number of rotatable bonds is 4. The van der Waals surface area contributed by atoms with Crippen LogP contribution >= 0.6 is 0 Å². The highest BCUT2D eigenvalue weighted by Crippen LogP contribution is 2.37. The van der Waals surface area contributed by atoms with Crippen LogP contribution in [0, 0.1) is 0 Å². The summed E-state index contributed by atoms with van der Waals surface area (Å²) in [7, 11) is 0. The molecule has 0 radical (unpaired) electrons. The lowest BCUT2D eigenvalue weighted by molar-refractivity contribution is -0.139. The number of alkyl halides is 3. The lowest BCUT2D eigenvalue weighted by Crippen LogP contribution is -2.06. The summed E-state index contributed by atoms with van der Waals surface area (Å²) in [5, 5.41) is 17.8. The molecule has 94 valence electrons. The molecule has 0 aliphatic carbocycles. The number of aliphatic carboxylic acids is 1. The Labute approximate surface area is 95.5 Å². The summed E-state index contributed by atoms with van der Waals surface area (Å²) < 4.78 is 37.3. The summed E-state index contributed by atoms with van der Waals surface area (Å²) in [6.45, 7) is 0. The molecule has 0 aromatic heterocycles. The molecule has 0 saturated carbocycles. The van der Waals surface area contributed by atoms with Gasteiger partial charge in [-0.05, 0) is 24.5 Å². The van der Waals surface area contributed by atoms with E-state index in [4.69, 9.17) is 5.11 Å². The van der Waals surface area contributed by atoms with Crippen LogP contribution in [0.2, 0.25) is 0 Å². The first kappa shape index (κ1) is 13.3. The van der Waals surface area contributed by atoms with Crippen molar-refractivity contribution >= 4 is 5.97 Å². The number of phenols is 1. The van der Waals surface area contributed by atoms with E-state index in [9.17, 15) is 23.1 Å². The summed E-state index contributed by atoms with van der Waals surface area (Å²) in [5.74, 6) is -1.83. The van der Waals surface area contributed by atoms with Gasteiger partial charge in [0.25, 0.3) is 0 Å². The minimum atomic E-state index is -4.60. The smallest absolute Gasteiger partial charge is 0.419 e. The number of carboxylic acids is 1. The average molecular weight is 248 g/mol. The number of hydrogen-bond donors (Lipinski definition) is 2. The normalized spacial score (nSPS) is 11.5. The second-order valence-electron chi connectivity index (χ2n) is 3.56. The van der Waals surface area contributed by atoms with Crippen molar-refractivity contribution in [3.8, 4) is 5.75 Å². The molecule has 0 saturated heterocycles. The van der Waals surface area contributed by atoms with Crippen molar-refractivity contribution in [3.63, 3.8) is 0 Å². The molecule has 6 heteroatoms. The quantitative estimate of drug-likeness (QED) is 0.861. The Morgan fingerprint density at radius 3 is 2.47 bits per heavy atom. The first-order chi connectivity index (χ1) is 7.82. The highest BCUT2D eigenvalue weighted by atomic mass is 19.4. The van der Waals surface area contributed by atoms with Crippen molar-refractivity contribution in [2.45, 2.75) is 25.4 Å². The molecule has 17 heavy (non-hydrogen) atoms. The maximum atomic E-state index is 12.4. The number of carbonyl (C=O) groups is 1. The molecule has 0 bridgehead atoms. The molecular formula is C11H11F3O3. The predicted octanol–water partition coefficient (Wildman–Crippen LogP) is 2.82. The van der Waals surface area contributed by atoms with E-state index in [0.29, 0.717) is 0 Å². The van der Waals surface area contributed by atoms with E-state index >= 15 is 0 Å². The second kappa shape index (κ2) is 5.07. The van der Waals surface area contributed by atoms with Crippen LogP contribution in [0.3, 0.4) is 0 Å². The van der Waals surface area contributed by atoms with Crippen LogP contribution in [0.5, 0.6) is 5.75 Å². The molecule has 3 nitrogen and oxygen atoms in total. The fourth-order valence-corrected chi connectivity index (χ4v) is 1.45. The van der Waals surface area contributed by atoms with Crippen molar-refractivity contribution in [2.75, 3.05) is 0 Å². The molecule has 0 fully saturated rings. The largest absolute Gasteiger partial charge is 0.507 e. The minimum absolute atomic E-state index is 0.0993. The van der Waals surface area contributed by atoms with E-state index in [1.165, 1.54) is 12.1 Å². The molecule has 1 aromatic rings. The molecule has 1 rings (SSSR count). The molecular weight excluding hydrogens is 237 g/mol. The number of aromatic hydroxyl groups is 1. The van der Waals surface area contributed by atoms with Crippen LogP contribution in [-0.4, -0.2) is 16.2 Å². The van der Waals surface area contributed by atoms with E-state index in [-0.39, 0.29) is 24.8 Å². The fraction of sp³-hybridized carbons (Fsp3) is 0.364. The third-order valence-corrected chi connectivity index (χ3v) is 2.26. The van der Waals surface area contributed by atoms with Gasteiger partial charge in [-0.1, -0.05) is 12.1 Å². The van der Waals surface area contributed by atoms with Crippen LogP contribution in [0.25, 0.3) is 0 Å². The second-order valence-corrected chi connectivity index (χ2v) is 3.56. The number of hydrogen-bond acceptors (Lipinski definition) is 2. The van der Waals surface area contributed by atoms with Gasteiger partial charge in [0, 0.05) is 6.42 Å². The maximum Gasteiger partial charge on any atom is 0.419 e. The third-order valence-electron chi connectivity index (χ3n) is 2.26. The van der Waals surface area contributed by atoms with E-state index < -0.39 is 23.5 Å². The molecule has 0 atom stereocenters. The zero-order valence-corrected chi connectivity index (χ0v) is 8.79. The minimum Gasteiger partial charge on any atom is -0.507 e. The maximum absolute atomic E-state index is 12.4. The standard InChI is InChI=1S/C11H11F3O3/c12-11(13,14)8-5-1-3-7(10(8)17)4-2-6-9(15)16/h1,3,5,17H,2,4,6H2,(H,15,16). The van der Waals surface area contributed by atoms with E-state index in [2.05, 4.69) is 0 Å². The van der Waals surface area contributed by atoms with Gasteiger partial charge in [0.15, 0.2) is 0 Å². The van der Waals surface area contributed by atoms with Gasteiger partial charge in [0.2, 0.25) is 0 Å². The Morgan fingerprint density at radius 2 is 1.94 bits per heavy atom. The topological polar surface area (TPSA) is 57.5 Å². The Bertz CT molecular complexity index is 413. The zero-order valence-electron chi connectivity index (χ0n) is 8.79. The molecule has 0 aliphatic heterocycles. The summed E-state index contributed by atoms with van der Waals surface area (Å²) >= 11 is 0. The molecule has 0 aliphatic rings. The van der Waals surface area contributed by atoms with Crippen LogP contribution in [0.4, 0.5) is 13.2 Å². The predicted molar refractivity (Wildman–Crippen MR) is 53.7 cm³/mol. The van der Waals surface area contributed by atoms with Gasteiger partial charge in [0.05, 0.1) is 5.56 Å². The molecule has 1 aromatic carbocycles. The highest BCUT2D eigenvalue weighted by molar-refractivity contribution is 5.66. The molecule has 0 spiro atoms. The average Bonchev–Trinajstić information content (AvgIpc) is 2.18. The fourth-order valence-electron chi connectivity index (χ4n) is 1.45. The number of aryl methyl sites for hydroxylation is 1. The van der Waals surface area contributed by atoms with Gasteiger partial charge in [-0.15, -0.1) is 0 Å². The van der Waals surface area contributed by atoms with Crippen LogP contribution in [0.15, 0.2) is 18.2 Å². The first-order valence-electron chi connectivity index (χ1n) is 4.92. The van der Waals surface area contributed by atoms with Gasteiger partial charge in [-0.3, -0.25) is 4.79 Å². The van der Waals surface area contributed by atoms with Crippen molar-refractivity contribution < 1.29 is 28.2 Å². The molecule has 2 N–H and O–H groups in total. The van der Waals surface area contributed by atoms with Gasteiger partial charge in [-0.2, -0.15) is 13.2 Å². The van der Waals surface area contributed by atoms with Gasteiger partial charge < -0.3 is 10.2 Å². The van der Waals surface area contributed by atoms with E-state index in [1.54, 1.807) is 0 Å². The van der Waals surface area contributed by atoms with Gasteiger partial charge >= 0.3 is 12.1 Å². The monoisotopic (exact) mass is 248 g/mol. The Morgan fingerprint density at radius 1 is 1.29 bits per heavy atom. The van der Waals surface area contributed by atoms with Crippen molar-refractivity contribution in [2.24, 2.45) is 0 Å². The van der Waals surface area contributed by atoms with Crippen LogP contribution < -0.4 is 0 Å². The number of benzene rings is 1. The van der Waals surface area contributed by atoms with Crippen LogP contribution in [-0.2, 0) is 17.4 Å². The highest BCUT2D eigenvalue weighted by Gasteiger charge is 2.34. The summed E-state index contributed by atoms with van der Waals surface area (Å²) in [6, 6.07) is 3.33. The SMILES string of the molecule is O=C(O)CCCc1cccc(C(F)(F)F)c1O. The summed E-state index contributed by atoms with van der Waals surface area (Å²) in [4.78, 5) is 10.3. The Hall–Kier alpha value is -1.72. The molecule has 0 heterocycles. The first-order valence-corrected chi connectivity index (χ1v) is 4.92. The van der Waals surface area contributed by atoms with E-state index in [1.807, 2.05) is 0 Å². The van der Waals surface area contributed by atoms with Crippen molar-refractivity contribution in [1.29, 1.82) is 0 Å². The van der Waals surface area contributed by atoms with Crippen molar-refractivity contribution in [3.05, 3.63) is 29.3 Å². The third kappa shape index (κ3) is 3.65. The lowest BCUT2D eigenvalue weighted by Gasteiger charge is -2.11. The Kier molecular flexibility index (Phi) is 3.98. The van der Waals surface area contributed by atoms with Gasteiger partial charge in [-0.25, -0.2) is 0 Å². The van der Waals surface area contributed by atoms with Crippen LogP contribution in [0.1, 0.15) is 24.0 Å². The number of phenolic OH excluding ortho intramolecular Hbond substituents is 1. The Balaban J connectivity index is 2.84. The molecule has 0 unspecified atom stereocenters.